The SMILES string of the molecule is CC(C)n1c(C2CCN(C(=O)c3ccc(Oc4cccnc4)cc3)CC2)n[nH]c1=S. The Hall–Kier alpha value is -3.00. The number of carbonyl (C=O) groups is 1. The normalized spacial score (nSPS) is 14.8. The second kappa shape index (κ2) is 8.79. The molecule has 8 heteroatoms. The van der Waals surface area contributed by atoms with Crippen molar-refractivity contribution in [2.24, 2.45) is 0 Å². The third kappa shape index (κ3) is 4.28. The highest BCUT2D eigenvalue weighted by Crippen LogP contribution is 2.29. The molecule has 156 valence electrons. The molecule has 0 unspecified atom stereocenters. The van der Waals surface area contributed by atoms with Gasteiger partial charge in [-0.1, -0.05) is 0 Å². The number of pyridine rings is 1. The van der Waals surface area contributed by atoms with E-state index in [2.05, 4.69) is 33.6 Å². The first-order valence-corrected chi connectivity index (χ1v) is 10.6. The molecular weight excluding hydrogens is 398 g/mol. The number of carbonyl (C=O) groups excluding carboxylic acids is 1. The predicted octanol–water partition coefficient (Wildman–Crippen LogP) is 4.73. The Labute approximate surface area is 180 Å². The van der Waals surface area contributed by atoms with Crippen LogP contribution in [-0.4, -0.2) is 43.6 Å². The highest BCUT2D eigenvalue weighted by molar-refractivity contribution is 7.71. The molecule has 0 saturated carbocycles. The first-order valence-electron chi connectivity index (χ1n) is 10.2. The van der Waals surface area contributed by atoms with Gasteiger partial charge in [0.15, 0.2) is 4.77 Å². The quantitative estimate of drug-likeness (QED) is 0.601. The van der Waals surface area contributed by atoms with E-state index in [4.69, 9.17) is 17.0 Å². The molecule has 4 rings (SSSR count). The van der Waals surface area contributed by atoms with Gasteiger partial charge < -0.3 is 14.2 Å². The molecule has 1 fully saturated rings. The molecule has 1 N–H and O–H groups in total. The van der Waals surface area contributed by atoms with Crippen molar-refractivity contribution < 1.29 is 9.53 Å². The fourth-order valence-corrected chi connectivity index (χ4v) is 4.19. The lowest BCUT2D eigenvalue weighted by Crippen LogP contribution is -2.38. The summed E-state index contributed by atoms with van der Waals surface area (Å²) in [7, 11) is 0. The van der Waals surface area contributed by atoms with E-state index >= 15 is 0 Å². The van der Waals surface area contributed by atoms with Gasteiger partial charge in [-0.25, -0.2) is 0 Å². The first-order chi connectivity index (χ1) is 14.5. The minimum Gasteiger partial charge on any atom is -0.456 e. The molecule has 1 aliphatic rings. The summed E-state index contributed by atoms with van der Waals surface area (Å²) in [5, 5.41) is 7.37. The number of likely N-dealkylation sites (tertiary alicyclic amines) is 1. The van der Waals surface area contributed by atoms with Crippen LogP contribution in [-0.2, 0) is 0 Å². The van der Waals surface area contributed by atoms with E-state index in [0.717, 1.165) is 18.7 Å². The third-order valence-electron chi connectivity index (χ3n) is 5.37. The van der Waals surface area contributed by atoms with E-state index in [0.29, 0.717) is 40.8 Å². The standard InChI is InChI=1S/C22H25N5O2S/c1-15(2)27-20(24-25-22(27)30)16-9-12-26(13-10-16)21(28)17-5-7-18(8-6-17)29-19-4-3-11-23-14-19/h3-8,11,14-16H,9-10,12-13H2,1-2H3,(H,25,30). The molecule has 1 aromatic carbocycles. The number of aromatic nitrogens is 4. The second-order valence-electron chi connectivity index (χ2n) is 7.73. The molecule has 1 saturated heterocycles. The van der Waals surface area contributed by atoms with Crippen molar-refractivity contribution in [3.8, 4) is 11.5 Å². The van der Waals surface area contributed by atoms with Crippen LogP contribution >= 0.6 is 12.2 Å². The van der Waals surface area contributed by atoms with Gasteiger partial charge in [0.05, 0.1) is 6.20 Å². The van der Waals surface area contributed by atoms with Gasteiger partial charge in [-0.15, -0.1) is 0 Å². The van der Waals surface area contributed by atoms with Crippen LogP contribution in [0.2, 0.25) is 0 Å². The van der Waals surface area contributed by atoms with E-state index < -0.39 is 0 Å². The van der Waals surface area contributed by atoms with Gasteiger partial charge in [0.2, 0.25) is 0 Å². The molecule has 0 radical (unpaired) electrons. The molecule has 0 atom stereocenters. The fourth-order valence-electron chi connectivity index (χ4n) is 3.84. The summed E-state index contributed by atoms with van der Waals surface area (Å²) in [6, 6.07) is 11.2. The van der Waals surface area contributed by atoms with Gasteiger partial charge >= 0.3 is 0 Å². The lowest BCUT2D eigenvalue weighted by Gasteiger charge is -2.32. The smallest absolute Gasteiger partial charge is 0.253 e. The lowest BCUT2D eigenvalue weighted by molar-refractivity contribution is 0.0710. The summed E-state index contributed by atoms with van der Waals surface area (Å²) in [5.74, 6) is 2.69. The Balaban J connectivity index is 1.38. The van der Waals surface area contributed by atoms with E-state index in [1.54, 1.807) is 12.4 Å². The number of nitrogens with one attached hydrogen (secondary N) is 1. The van der Waals surface area contributed by atoms with Crippen LogP contribution in [0.4, 0.5) is 0 Å². The number of nitrogens with zero attached hydrogens (tertiary/aromatic N) is 4. The van der Waals surface area contributed by atoms with Crippen molar-refractivity contribution in [1.82, 2.24) is 24.6 Å². The summed E-state index contributed by atoms with van der Waals surface area (Å²) in [6.45, 7) is 5.62. The number of H-pyrrole nitrogens is 1. The van der Waals surface area contributed by atoms with Crippen LogP contribution in [0.5, 0.6) is 11.5 Å². The summed E-state index contributed by atoms with van der Waals surface area (Å²) in [5.41, 5.74) is 0.664. The van der Waals surface area contributed by atoms with E-state index in [1.807, 2.05) is 41.3 Å². The zero-order valence-corrected chi connectivity index (χ0v) is 17.9. The Morgan fingerprint density at radius 3 is 2.53 bits per heavy atom. The number of ether oxygens (including phenoxy) is 1. The molecule has 7 nitrogen and oxygen atoms in total. The fraction of sp³-hybridized carbons (Fsp3) is 0.364. The third-order valence-corrected chi connectivity index (χ3v) is 5.65. The van der Waals surface area contributed by atoms with Crippen molar-refractivity contribution in [2.75, 3.05) is 13.1 Å². The summed E-state index contributed by atoms with van der Waals surface area (Å²) >= 11 is 5.37. The van der Waals surface area contributed by atoms with E-state index in [1.165, 1.54) is 0 Å². The average molecular weight is 424 g/mol. The van der Waals surface area contributed by atoms with Gasteiger partial charge in [-0.2, -0.15) is 5.10 Å². The van der Waals surface area contributed by atoms with Gasteiger partial charge in [0.1, 0.15) is 17.3 Å². The second-order valence-corrected chi connectivity index (χ2v) is 8.12. The topological polar surface area (TPSA) is 76.0 Å². The largest absolute Gasteiger partial charge is 0.456 e. The average Bonchev–Trinajstić information content (AvgIpc) is 3.16. The summed E-state index contributed by atoms with van der Waals surface area (Å²) in [6.07, 6.45) is 5.10. The van der Waals surface area contributed by atoms with Gasteiger partial charge in [-0.05, 0) is 75.3 Å². The van der Waals surface area contributed by atoms with Crippen LogP contribution in [0.1, 0.15) is 54.8 Å². The van der Waals surface area contributed by atoms with Crippen molar-refractivity contribution >= 4 is 18.1 Å². The highest BCUT2D eigenvalue weighted by atomic mass is 32.1. The molecule has 3 aromatic rings. The molecule has 30 heavy (non-hydrogen) atoms. The predicted molar refractivity (Wildman–Crippen MR) is 116 cm³/mol. The molecule has 1 amide bonds. The van der Waals surface area contributed by atoms with E-state index in [-0.39, 0.29) is 11.9 Å². The highest BCUT2D eigenvalue weighted by Gasteiger charge is 2.28. The maximum atomic E-state index is 12.9. The molecular formula is C22H25N5O2S. The van der Waals surface area contributed by atoms with Gasteiger partial charge in [0.25, 0.3) is 5.91 Å². The van der Waals surface area contributed by atoms with Crippen LogP contribution in [0.25, 0.3) is 0 Å². The number of piperidine rings is 1. The number of hydrogen-bond donors (Lipinski definition) is 1. The van der Waals surface area contributed by atoms with Crippen molar-refractivity contribution in [3.63, 3.8) is 0 Å². The Morgan fingerprint density at radius 1 is 1.17 bits per heavy atom. The Bertz CT molecular complexity index is 1050. The molecule has 0 aliphatic carbocycles. The Kier molecular flexibility index (Phi) is 5.94. The van der Waals surface area contributed by atoms with Crippen molar-refractivity contribution in [2.45, 2.75) is 38.6 Å². The van der Waals surface area contributed by atoms with Crippen LogP contribution < -0.4 is 4.74 Å². The number of benzene rings is 1. The number of aromatic amines is 1. The zero-order valence-electron chi connectivity index (χ0n) is 17.1. The maximum Gasteiger partial charge on any atom is 0.253 e. The molecule has 0 bridgehead atoms. The number of amides is 1. The number of rotatable bonds is 5. The zero-order chi connectivity index (χ0) is 21.1. The Morgan fingerprint density at radius 2 is 1.90 bits per heavy atom. The van der Waals surface area contributed by atoms with Crippen LogP contribution in [0.15, 0.2) is 48.8 Å². The molecule has 2 aromatic heterocycles. The van der Waals surface area contributed by atoms with Gasteiger partial charge in [-0.3, -0.25) is 14.9 Å². The maximum absolute atomic E-state index is 12.9. The van der Waals surface area contributed by atoms with Crippen molar-refractivity contribution in [3.05, 3.63) is 65.0 Å². The van der Waals surface area contributed by atoms with Crippen LogP contribution in [0.3, 0.4) is 0 Å². The van der Waals surface area contributed by atoms with Crippen LogP contribution in [0, 0.1) is 4.77 Å². The first kappa shape index (κ1) is 20.3. The van der Waals surface area contributed by atoms with Crippen molar-refractivity contribution in [1.29, 1.82) is 0 Å². The van der Waals surface area contributed by atoms with Gasteiger partial charge in [0, 0.05) is 36.8 Å². The summed E-state index contributed by atoms with van der Waals surface area (Å²) < 4.78 is 8.49. The summed E-state index contributed by atoms with van der Waals surface area (Å²) in [4.78, 5) is 18.9. The van der Waals surface area contributed by atoms with E-state index in [9.17, 15) is 4.79 Å². The molecule has 1 aliphatic heterocycles. The lowest BCUT2D eigenvalue weighted by atomic mass is 9.95. The molecule has 0 spiro atoms. The molecule has 3 heterocycles. The number of hydrogen-bond acceptors (Lipinski definition) is 5. The monoisotopic (exact) mass is 423 g/mol. The minimum atomic E-state index is 0.0455. The minimum absolute atomic E-state index is 0.0455.